The van der Waals surface area contributed by atoms with Crippen LogP contribution in [0.4, 0.5) is 14.5 Å². The van der Waals surface area contributed by atoms with E-state index >= 15 is 0 Å². The molecule has 1 rings (SSSR count). The monoisotopic (exact) mass is 307 g/mol. The topological polar surface area (TPSA) is 83.7 Å². The molecule has 9 heteroatoms. The van der Waals surface area contributed by atoms with Gasteiger partial charge in [-0.1, -0.05) is 0 Å². The zero-order valence-corrected chi connectivity index (χ0v) is 12.0. The highest BCUT2D eigenvalue weighted by molar-refractivity contribution is 7.89. The summed E-state index contributed by atoms with van der Waals surface area (Å²) < 4.78 is 52.0. The summed E-state index contributed by atoms with van der Waals surface area (Å²) >= 11 is 0. The van der Waals surface area contributed by atoms with E-state index in [1.165, 1.54) is 19.0 Å². The first-order valence-corrected chi connectivity index (χ1v) is 6.92. The van der Waals surface area contributed by atoms with Crippen LogP contribution in [0.2, 0.25) is 0 Å². The van der Waals surface area contributed by atoms with E-state index in [1.54, 1.807) is 0 Å². The predicted octanol–water partition coefficient (Wildman–Crippen LogP) is 0.256. The molecule has 0 aliphatic rings. The van der Waals surface area contributed by atoms with Crippen LogP contribution in [0.15, 0.2) is 17.0 Å². The van der Waals surface area contributed by atoms with Gasteiger partial charge in [0.2, 0.25) is 15.9 Å². The Balaban J connectivity index is 3.21. The Morgan fingerprint density at radius 2 is 1.65 bits per heavy atom. The Bertz CT molecular complexity index is 609. The van der Waals surface area contributed by atoms with Crippen LogP contribution in [-0.4, -0.2) is 51.2 Å². The van der Waals surface area contributed by atoms with Crippen molar-refractivity contribution in [3.05, 3.63) is 23.8 Å². The Hall–Kier alpha value is -1.74. The molecule has 1 aromatic rings. The first-order valence-electron chi connectivity index (χ1n) is 5.48. The molecule has 1 amide bonds. The number of sulfonamides is 1. The molecule has 0 saturated heterocycles. The lowest BCUT2D eigenvalue weighted by Crippen LogP contribution is -2.38. The Morgan fingerprint density at radius 1 is 1.20 bits per heavy atom. The van der Waals surface area contributed by atoms with Gasteiger partial charge >= 0.3 is 0 Å². The van der Waals surface area contributed by atoms with Crippen LogP contribution in [0.1, 0.15) is 0 Å². The number of carbonyl (C=O) groups excluding carboxylic acids is 1. The zero-order chi connectivity index (χ0) is 15.7. The molecule has 6 nitrogen and oxygen atoms in total. The highest BCUT2D eigenvalue weighted by Crippen LogP contribution is 2.24. The molecular weight excluding hydrogens is 292 g/mol. The van der Waals surface area contributed by atoms with Gasteiger partial charge in [-0.15, -0.1) is 0 Å². The Kier molecular flexibility index (Phi) is 4.66. The van der Waals surface area contributed by atoms with Crippen molar-refractivity contribution in [2.45, 2.75) is 4.90 Å². The number of benzene rings is 1. The molecule has 2 N–H and O–H groups in total. The molecule has 0 spiro atoms. The fourth-order valence-corrected chi connectivity index (χ4v) is 2.60. The van der Waals surface area contributed by atoms with E-state index in [0.29, 0.717) is 16.4 Å². The van der Waals surface area contributed by atoms with E-state index in [0.717, 1.165) is 7.05 Å². The van der Waals surface area contributed by atoms with Crippen molar-refractivity contribution in [2.24, 2.45) is 0 Å². The van der Waals surface area contributed by atoms with Gasteiger partial charge in [0.05, 0.1) is 6.54 Å². The number of nitrogens with zero attached hydrogens (tertiary/aromatic N) is 2. The number of nitrogen functional groups attached to an aromatic ring is 1. The second kappa shape index (κ2) is 5.71. The molecule has 0 radical (unpaired) electrons. The highest BCUT2D eigenvalue weighted by Gasteiger charge is 2.30. The molecule has 0 atom stereocenters. The molecular formula is C11H15F2N3O3S. The third kappa shape index (κ3) is 3.23. The summed E-state index contributed by atoms with van der Waals surface area (Å²) in [5.74, 6) is -3.12. The minimum Gasteiger partial charge on any atom is -0.399 e. The fraction of sp³-hybridized carbons (Fsp3) is 0.364. The number of halogens is 2. The second-order valence-corrected chi connectivity index (χ2v) is 6.34. The second-order valence-electron chi connectivity index (χ2n) is 4.36. The summed E-state index contributed by atoms with van der Waals surface area (Å²) in [4.78, 5) is 11.5. The molecule has 0 saturated carbocycles. The van der Waals surface area contributed by atoms with Gasteiger partial charge in [0.25, 0.3) is 0 Å². The summed E-state index contributed by atoms with van der Waals surface area (Å²) in [5, 5.41) is 0. The summed E-state index contributed by atoms with van der Waals surface area (Å²) in [6.45, 7) is -0.529. The molecule has 0 aliphatic heterocycles. The first-order chi connectivity index (χ1) is 9.07. The summed E-state index contributed by atoms with van der Waals surface area (Å²) in [6.07, 6.45) is 0. The van der Waals surface area contributed by atoms with Crippen molar-refractivity contribution >= 4 is 21.6 Å². The summed E-state index contributed by atoms with van der Waals surface area (Å²) in [7, 11) is -0.529. The largest absolute Gasteiger partial charge is 0.399 e. The number of amides is 1. The average molecular weight is 307 g/mol. The van der Waals surface area contributed by atoms with Crippen LogP contribution in [-0.2, 0) is 14.8 Å². The van der Waals surface area contributed by atoms with E-state index in [2.05, 4.69) is 0 Å². The smallest absolute Gasteiger partial charge is 0.249 e. The maximum Gasteiger partial charge on any atom is 0.249 e. The number of carbonyl (C=O) groups is 1. The van der Waals surface area contributed by atoms with E-state index in [1.807, 2.05) is 0 Å². The lowest BCUT2D eigenvalue weighted by Gasteiger charge is -2.19. The lowest BCUT2D eigenvalue weighted by atomic mass is 10.3. The normalized spacial score (nSPS) is 11.7. The predicted molar refractivity (Wildman–Crippen MR) is 69.3 cm³/mol. The van der Waals surface area contributed by atoms with Crippen molar-refractivity contribution < 1.29 is 22.0 Å². The lowest BCUT2D eigenvalue weighted by molar-refractivity contribution is -0.128. The molecule has 0 unspecified atom stereocenters. The van der Waals surface area contributed by atoms with Crippen LogP contribution in [0, 0.1) is 11.6 Å². The SMILES string of the molecule is CN(C)C(=O)CN(C)S(=O)(=O)c1c(F)cc(N)cc1F. The van der Waals surface area contributed by atoms with Gasteiger partial charge in [-0.25, -0.2) is 17.2 Å². The van der Waals surface area contributed by atoms with Crippen LogP contribution in [0.25, 0.3) is 0 Å². The molecule has 1 aromatic carbocycles. The number of hydrogen-bond acceptors (Lipinski definition) is 4. The minimum atomic E-state index is -4.47. The maximum absolute atomic E-state index is 13.6. The molecule has 112 valence electrons. The van der Waals surface area contributed by atoms with Gasteiger partial charge in [-0.2, -0.15) is 4.31 Å². The van der Waals surface area contributed by atoms with Gasteiger partial charge in [0, 0.05) is 26.8 Å². The van der Waals surface area contributed by atoms with E-state index in [4.69, 9.17) is 5.73 Å². The van der Waals surface area contributed by atoms with Crippen molar-refractivity contribution in [1.29, 1.82) is 0 Å². The van der Waals surface area contributed by atoms with Crippen molar-refractivity contribution in [3.63, 3.8) is 0 Å². The third-order valence-electron chi connectivity index (χ3n) is 2.55. The third-order valence-corrected chi connectivity index (χ3v) is 4.40. The number of rotatable bonds is 4. The van der Waals surface area contributed by atoms with Crippen molar-refractivity contribution in [3.8, 4) is 0 Å². The average Bonchev–Trinajstić information content (AvgIpc) is 2.26. The van der Waals surface area contributed by atoms with Gasteiger partial charge in [0.1, 0.15) is 11.6 Å². The van der Waals surface area contributed by atoms with Gasteiger partial charge < -0.3 is 10.6 Å². The van der Waals surface area contributed by atoms with Crippen molar-refractivity contribution in [1.82, 2.24) is 9.21 Å². The van der Waals surface area contributed by atoms with E-state index in [9.17, 15) is 22.0 Å². The number of hydrogen-bond donors (Lipinski definition) is 1. The van der Waals surface area contributed by atoms with Gasteiger partial charge in [-0.3, -0.25) is 4.79 Å². The number of anilines is 1. The Morgan fingerprint density at radius 3 is 2.05 bits per heavy atom. The molecule has 0 aromatic heterocycles. The fourth-order valence-electron chi connectivity index (χ4n) is 1.40. The molecule has 0 bridgehead atoms. The Labute approximate surface area is 115 Å². The van der Waals surface area contributed by atoms with E-state index < -0.39 is 39.0 Å². The summed E-state index contributed by atoms with van der Waals surface area (Å²) in [5.41, 5.74) is 4.99. The first kappa shape index (κ1) is 16.3. The van der Waals surface area contributed by atoms with Crippen LogP contribution < -0.4 is 5.73 Å². The quantitative estimate of drug-likeness (QED) is 0.809. The zero-order valence-electron chi connectivity index (χ0n) is 11.2. The standard InChI is InChI=1S/C11H15F2N3O3S/c1-15(2)10(17)6-16(3)20(18,19)11-8(12)4-7(14)5-9(11)13/h4-5H,6,14H2,1-3H3. The summed E-state index contributed by atoms with van der Waals surface area (Å²) in [6, 6.07) is 1.41. The minimum absolute atomic E-state index is 0.231. The van der Waals surface area contributed by atoms with Crippen molar-refractivity contribution in [2.75, 3.05) is 33.4 Å². The van der Waals surface area contributed by atoms with Gasteiger partial charge in [-0.05, 0) is 12.1 Å². The molecule has 0 heterocycles. The van der Waals surface area contributed by atoms with Gasteiger partial charge in [0.15, 0.2) is 4.90 Å². The molecule has 0 aliphatic carbocycles. The number of nitrogens with two attached hydrogens (primary N) is 1. The molecule has 0 fully saturated rings. The van der Waals surface area contributed by atoms with Crippen LogP contribution in [0.5, 0.6) is 0 Å². The molecule has 20 heavy (non-hydrogen) atoms. The van der Waals surface area contributed by atoms with Crippen LogP contribution in [0.3, 0.4) is 0 Å². The maximum atomic E-state index is 13.6. The van der Waals surface area contributed by atoms with Crippen LogP contribution >= 0.6 is 0 Å². The number of likely N-dealkylation sites (N-methyl/N-ethyl adjacent to an activating group) is 2. The van der Waals surface area contributed by atoms with E-state index in [-0.39, 0.29) is 5.69 Å². The highest BCUT2D eigenvalue weighted by atomic mass is 32.2.